The number of aryl methyl sites for hydroxylation is 1. The number of carbonyl (C=O) groups is 2. The van der Waals surface area contributed by atoms with Gasteiger partial charge in [0.05, 0.1) is 0 Å². The van der Waals surface area contributed by atoms with Crippen molar-refractivity contribution in [2.45, 2.75) is 19.8 Å². The number of hydrazine groups is 1. The van der Waals surface area contributed by atoms with Crippen LogP contribution in [0.4, 0.5) is 5.69 Å². The third-order valence-electron chi connectivity index (χ3n) is 1.84. The molecule has 5 N–H and O–H groups in total. The molecule has 0 aromatic heterocycles. The van der Waals surface area contributed by atoms with Gasteiger partial charge in [0.25, 0.3) is 0 Å². The zero-order chi connectivity index (χ0) is 13.3. The molecule has 0 unspecified atom stereocenters. The lowest BCUT2D eigenvalue weighted by molar-refractivity contribution is -0.159. The van der Waals surface area contributed by atoms with Gasteiger partial charge in [-0.1, -0.05) is 25.5 Å². The van der Waals surface area contributed by atoms with E-state index in [-0.39, 0.29) is 0 Å². The molecular formula is C11H16N2O4. The summed E-state index contributed by atoms with van der Waals surface area (Å²) in [7, 11) is 0. The molecule has 0 saturated carbocycles. The van der Waals surface area contributed by atoms with Crippen molar-refractivity contribution >= 4 is 17.6 Å². The Morgan fingerprint density at radius 2 is 1.65 bits per heavy atom. The minimum Gasteiger partial charge on any atom is -0.473 e. The van der Waals surface area contributed by atoms with Gasteiger partial charge in [-0.15, -0.1) is 0 Å². The highest BCUT2D eigenvalue weighted by Gasteiger charge is 2.04. The van der Waals surface area contributed by atoms with Crippen LogP contribution < -0.4 is 11.3 Å². The van der Waals surface area contributed by atoms with E-state index < -0.39 is 11.9 Å². The van der Waals surface area contributed by atoms with Crippen molar-refractivity contribution in [3.05, 3.63) is 29.8 Å². The summed E-state index contributed by atoms with van der Waals surface area (Å²) in [6, 6.07) is 8.17. The lowest BCUT2D eigenvalue weighted by atomic mass is 10.1. The van der Waals surface area contributed by atoms with Crippen LogP contribution in [0.3, 0.4) is 0 Å². The monoisotopic (exact) mass is 240 g/mol. The minimum atomic E-state index is -1.82. The third-order valence-corrected chi connectivity index (χ3v) is 1.84. The van der Waals surface area contributed by atoms with E-state index in [9.17, 15) is 0 Å². The van der Waals surface area contributed by atoms with E-state index in [1.807, 2.05) is 12.1 Å². The third kappa shape index (κ3) is 6.91. The van der Waals surface area contributed by atoms with Crippen LogP contribution in [0.1, 0.15) is 18.9 Å². The second-order valence-corrected chi connectivity index (χ2v) is 3.20. The highest BCUT2D eigenvalue weighted by Crippen LogP contribution is 2.08. The first kappa shape index (κ1) is 14.9. The van der Waals surface area contributed by atoms with Gasteiger partial charge >= 0.3 is 11.9 Å². The van der Waals surface area contributed by atoms with Crippen LogP contribution in [-0.4, -0.2) is 22.2 Å². The lowest BCUT2D eigenvalue weighted by Crippen LogP contribution is -2.09. The van der Waals surface area contributed by atoms with Crippen LogP contribution in [0.5, 0.6) is 0 Å². The van der Waals surface area contributed by atoms with Gasteiger partial charge < -0.3 is 15.6 Å². The van der Waals surface area contributed by atoms with Gasteiger partial charge in [-0.2, -0.15) is 0 Å². The molecule has 17 heavy (non-hydrogen) atoms. The van der Waals surface area contributed by atoms with Crippen LogP contribution >= 0.6 is 0 Å². The summed E-state index contributed by atoms with van der Waals surface area (Å²) >= 11 is 0. The van der Waals surface area contributed by atoms with E-state index in [0.717, 1.165) is 12.1 Å². The molecule has 0 radical (unpaired) electrons. The van der Waals surface area contributed by atoms with E-state index >= 15 is 0 Å². The molecule has 0 saturated heterocycles. The molecule has 0 aliphatic heterocycles. The van der Waals surface area contributed by atoms with Crippen molar-refractivity contribution in [3.63, 3.8) is 0 Å². The Morgan fingerprint density at radius 3 is 1.94 bits per heavy atom. The van der Waals surface area contributed by atoms with Crippen LogP contribution in [0.25, 0.3) is 0 Å². The molecule has 94 valence electrons. The quantitative estimate of drug-likeness (QED) is 0.357. The molecule has 0 aliphatic carbocycles. The summed E-state index contributed by atoms with van der Waals surface area (Å²) in [5.74, 6) is 1.58. The molecule has 0 spiro atoms. The number of anilines is 1. The average molecular weight is 240 g/mol. The summed E-state index contributed by atoms with van der Waals surface area (Å²) in [5, 5.41) is 14.8. The van der Waals surface area contributed by atoms with Crippen molar-refractivity contribution in [2.75, 3.05) is 5.43 Å². The molecule has 1 aromatic rings. The molecule has 0 fully saturated rings. The predicted octanol–water partition coefficient (Wildman–Crippen LogP) is 1.08. The smallest absolute Gasteiger partial charge is 0.414 e. The zero-order valence-corrected chi connectivity index (χ0v) is 9.51. The standard InChI is InChI=1S/C9H14N2.C2H2O4/c1-2-3-8-4-6-9(11-10)7-5-8;3-1(4)2(5)6/h4-7,11H,2-3,10H2,1H3;(H,3,4)(H,5,6). The van der Waals surface area contributed by atoms with E-state index in [2.05, 4.69) is 24.5 Å². The number of nitrogens with two attached hydrogens (primary N) is 1. The molecule has 0 atom stereocenters. The van der Waals surface area contributed by atoms with Crippen molar-refractivity contribution in [2.24, 2.45) is 5.84 Å². The second kappa shape index (κ2) is 8.12. The Hall–Kier alpha value is -2.08. The summed E-state index contributed by atoms with van der Waals surface area (Å²) in [4.78, 5) is 18.2. The number of carboxylic acids is 2. The maximum absolute atomic E-state index is 9.10. The normalized spacial score (nSPS) is 8.82. The van der Waals surface area contributed by atoms with E-state index in [1.165, 1.54) is 12.0 Å². The number of rotatable bonds is 3. The number of hydrogen-bond acceptors (Lipinski definition) is 4. The Balaban J connectivity index is 0.000000366. The molecule has 0 heterocycles. The SMILES string of the molecule is CCCc1ccc(NN)cc1.O=C(O)C(=O)O. The molecule has 1 rings (SSSR count). The molecule has 0 bridgehead atoms. The molecule has 6 heteroatoms. The van der Waals surface area contributed by atoms with Crippen LogP contribution in [0.15, 0.2) is 24.3 Å². The number of nitrogens with one attached hydrogen (secondary N) is 1. The van der Waals surface area contributed by atoms with Crippen LogP contribution in [0, 0.1) is 0 Å². The molecule has 0 amide bonds. The zero-order valence-electron chi connectivity index (χ0n) is 9.51. The molecular weight excluding hydrogens is 224 g/mol. The van der Waals surface area contributed by atoms with E-state index in [4.69, 9.17) is 25.6 Å². The summed E-state index contributed by atoms with van der Waals surface area (Å²) in [6.45, 7) is 2.18. The number of benzene rings is 1. The number of carboxylic acid groups (broad SMARTS) is 2. The number of hydrogen-bond donors (Lipinski definition) is 4. The topological polar surface area (TPSA) is 113 Å². The molecule has 1 aromatic carbocycles. The Kier molecular flexibility index (Phi) is 7.12. The Morgan fingerprint density at radius 1 is 1.18 bits per heavy atom. The van der Waals surface area contributed by atoms with Gasteiger partial charge in [0.2, 0.25) is 0 Å². The second-order valence-electron chi connectivity index (χ2n) is 3.20. The molecule has 0 aliphatic rings. The van der Waals surface area contributed by atoms with Gasteiger partial charge in [-0.25, -0.2) is 9.59 Å². The van der Waals surface area contributed by atoms with Crippen molar-refractivity contribution < 1.29 is 19.8 Å². The Bertz CT molecular complexity index is 350. The first-order valence-corrected chi connectivity index (χ1v) is 5.03. The van der Waals surface area contributed by atoms with Gasteiger partial charge in [0, 0.05) is 5.69 Å². The first-order chi connectivity index (χ1) is 8.01. The Labute approximate surface area is 99.0 Å². The van der Waals surface area contributed by atoms with E-state index in [1.54, 1.807) is 0 Å². The van der Waals surface area contributed by atoms with Gasteiger partial charge in [0.15, 0.2) is 0 Å². The van der Waals surface area contributed by atoms with Gasteiger partial charge in [0.1, 0.15) is 0 Å². The van der Waals surface area contributed by atoms with Crippen molar-refractivity contribution in [1.29, 1.82) is 0 Å². The largest absolute Gasteiger partial charge is 0.473 e. The fourth-order valence-corrected chi connectivity index (χ4v) is 1.06. The van der Waals surface area contributed by atoms with Gasteiger partial charge in [-0.3, -0.25) is 5.84 Å². The lowest BCUT2D eigenvalue weighted by Gasteiger charge is -2.00. The molecule has 6 nitrogen and oxygen atoms in total. The average Bonchev–Trinajstić information content (AvgIpc) is 2.31. The van der Waals surface area contributed by atoms with Crippen molar-refractivity contribution in [3.8, 4) is 0 Å². The van der Waals surface area contributed by atoms with Crippen LogP contribution in [-0.2, 0) is 16.0 Å². The van der Waals surface area contributed by atoms with Crippen molar-refractivity contribution in [1.82, 2.24) is 0 Å². The summed E-state index contributed by atoms with van der Waals surface area (Å²) < 4.78 is 0. The fourth-order valence-electron chi connectivity index (χ4n) is 1.06. The maximum Gasteiger partial charge on any atom is 0.414 e. The fraction of sp³-hybridized carbons (Fsp3) is 0.273. The maximum atomic E-state index is 9.10. The first-order valence-electron chi connectivity index (χ1n) is 5.03. The highest BCUT2D eigenvalue weighted by atomic mass is 16.4. The highest BCUT2D eigenvalue weighted by molar-refractivity contribution is 6.27. The van der Waals surface area contributed by atoms with Gasteiger partial charge in [-0.05, 0) is 24.1 Å². The van der Waals surface area contributed by atoms with E-state index in [0.29, 0.717) is 0 Å². The number of nitrogen functional groups attached to an aromatic ring is 1. The van der Waals surface area contributed by atoms with Crippen LogP contribution in [0.2, 0.25) is 0 Å². The number of aliphatic carboxylic acids is 2. The summed E-state index contributed by atoms with van der Waals surface area (Å²) in [5.41, 5.74) is 4.93. The minimum absolute atomic E-state index is 0.963. The predicted molar refractivity (Wildman–Crippen MR) is 63.5 cm³/mol. The summed E-state index contributed by atoms with van der Waals surface area (Å²) in [6.07, 6.45) is 2.33.